The Balaban J connectivity index is 3.03. The maximum absolute atomic E-state index is 11.8. The number of hydrogen-bond acceptors (Lipinski definition) is 4. The van der Waals surface area contributed by atoms with Gasteiger partial charge < -0.3 is 11.1 Å². The number of benzene rings is 1. The van der Waals surface area contributed by atoms with E-state index in [0.29, 0.717) is 11.4 Å². The summed E-state index contributed by atoms with van der Waals surface area (Å²) in [6, 6.07) is 3.44. The average molecular weight is 335 g/mol. The van der Waals surface area contributed by atoms with E-state index < -0.39 is 21.0 Å². The van der Waals surface area contributed by atoms with Crippen LogP contribution in [0.4, 0.5) is 11.4 Å². The summed E-state index contributed by atoms with van der Waals surface area (Å²) in [7, 11) is -3.42. The number of rotatable bonds is 3. The molecule has 0 spiro atoms. The fourth-order valence-corrected chi connectivity index (χ4v) is 2.40. The Bertz CT molecular complexity index is 561. The first-order valence-electron chi connectivity index (χ1n) is 5.18. The molecule has 0 saturated carbocycles. The number of anilines is 2. The molecule has 0 fully saturated rings. The van der Waals surface area contributed by atoms with Gasteiger partial charge in [0.05, 0.1) is 11.4 Å². The Morgan fingerprint density at radius 3 is 2.44 bits per heavy atom. The molecular weight excluding hydrogens is 320 g/mol. The Labute approximate surface area is 115 Å². The van der Waals surface area contributed by atoms with Crippen LogP contribution in [0.1, 0.15) is 12.5 Å². The lowest BCUT2D eigenvalue weighted by molar-refractivity contribution is -0.115. The van der Waals surface area contributed by atoms with Gasteiger partial charge in [0.25, 0.3) is 0 Å². The van der Waals surface area contributed by atoms with Gasteiger partial charge in [-0.25, -0.2) is 8.42 Å². The Hall–Kier alpha value is -1.08. The molecule has 0 aromatic heterocycles. The third-order valence-electron chi connectivity index (χ3n) is 2.59. The maximum atomic E-state index is 11.8. The van der Waals surface area contributed by atoms with Crippen LogP contribution in [0.3, 0.4) is 0 Å². The van der Waals surface area contributed by atoms with Crippen molar-refractivity contribution in [2.75, 3.05) is 17.3 Å². The SMILES string of the molecule is Cc1cc(Br)cc(N)c1NC(=O)C(C)S(C)(=O)=O. The van der Waals surface area contributed by atoms with E-state index in [0.717, 1.165) is 16.3 Å². The van der Waals surface area contributed by atoms with E-state index in [1.54, 1.807) is 19.1 Å². The monoisotopic (exact) mass is 334 g/mol. The third kappa shape index (κ3) is 3.46. The molecule has 100 valence electrons. The minimum Gasteiger partial charge on any atom is -0.397 e. The highest BCUT2D eigenvalue weighted by atomic mass is 79.9. The summed E-state index contributed by atoms with van der Waals surface area (Å²) < 4.78 is 23.4. The highest BCUT2D eigenvalue weighted by Gasteiger charge is 2.24. The first kappa shape index (κ1) is 15.0. The molecule has 1 rings (SSSR count). The predicted molar refractivity (Wildman–Crippen MR) is 76.2 cm³/mol. The normalized spacial score (nSPS) is 13.1. The van der Waals surface area contributed by atoms with Crippen LogP contribution >= 0.6 is 15.9 Å². The summed E-state index contributed by atoms with van der Waals surface area (Å²) in [5, 5.41) is 1.44. The molecule has 1 unspecified atom stereocenters. The van der Waals surface area contributed by atoms with Crippen molar-refractivity contribution in [2.24, 2.45) is 0 Å². The number of carbonyl (C=O) groups excluding carboxylic acids is 1. The number of nitrogen functional groups attached to an aromatic ring is 1. The van der Waals surface area contributed by atoms with Crippen LogP contribution in [0, 0.1) is 6.92 Å². The van der Waals surface area contributed by atoms with Gasteiger partial charge in [0.15, 0.2) is 9.84 Å². The molecule has 7 heteroatoms. The lowest BCUT2D eigenvalue weighted by Gasteiger charge is -2.14. The van der Waals surface area contributed by atoms with Crippen LogP contribution in [-0.2, 0) is 14.6 Å². The number of carbonyl (C=O) groups is 1. The molecule has 1 amide bonds. The van der Waals surface area contributed by atoms with Crippen molar-refractivity contribution in [1.82, 2.24) is 0 Å². The zero-order valence-electron chi connectivity index (χ0n) is 10.3. The van der Waals surface area contributed by atoms with Crippen molar-refractivity contribution in [3.63, 3.8) is 0 Å². The number of hydrogen-bond donors (Lipinski definition) is 2. The molecule has 18 heavy (non-hydrogen) atoms. The van der Waals surface area contributed by atoms with E-state index in [9.17, 15) is 13.2 Å². The van der Waals surface area contributed by atoms with E-state index in [1.807, 2.05) is 0 Å². The summed E-state index contributed by atoms with van der Waals surface area (Å²) in [5.74, 6) is -0.588. The second kappa shape index (κ2) is 5.27. The summed E-state index contributed by atoms with van der Waals surface area (Å²) in [5.41, 5.74) is 7.37. The third-order valence-corrected chi connectivity index (χ3v) is 4.55. The summed E-state index contributed by atoms with van der Waals surface area (Å²) in [6.07, 6.45) is 1.02. The van der Waals surface area contributed by atoms with E-state index in [1.165, 1.54) is 6.92 Å². The van der Waals surface area contributed by atoms with Gasteiger partial charge in [-0.15, -0.1) is 0 Å². The molecule has 0 aliphatic rings. The molecule has 0 aliphatic carbocycles. The predicted octanol–water partition coefficient (Wildman–Crippen LogP) is 1.71. The number of nitrogens with one attached hydrogen (secondary N) is 1. The molecule has 0 radical (unpaired) electrons. The first-order valence-corrected chi connectivity index (χ1v) is 7.93. The average Bonchev–Trinajstić information content (AvgIpc) is 2.20. The minimum atomic E-state index is -3.42. The first-order chi connectivity index (χ1) is 8.12. The lowest BCUT2D eigenvalue weighted by atomic mass is 10.1. The van der Waals surface area contributed by atoms with E-state index in [2.05, 4.69) is 21.2 Å². The van der Waals surface area contributed by atoms with Gasteiger partial charge in [0.1, 0.15) is 5.25 Å². The smallest absolute Gasteiger partial charge is 0.242 e. The zero-order chi connectivity index (χ0) is 14.1. The van der Waals surface area contributed by atoms with Crippen LogP contribution in [0.15, 0.2) is 16.6 Å². The summed E-state index contributed by atoms with van der Waals surface area (Å²) in [6.45, 7) is 3.12. The van der Waals surface area contributed by atoms with E-state index >= 15 is 0 Å². The topological polar surface area (TPSA) is 89.3 Å². The van der Waals surface area contributed by atoms with Crippen LogP contribution in [0.5, 0.6) is 0 Å². The second-order valence-electron chi connectivity index (χ2n) is 4.15. The standard InChI is InChI=1S/C11H15BrN2O3S/c1-6-4-8(12)5-9(13)10(6)14-11(15)7(2)18(3,16)17/h4-5,7H,13H2,1-3H3,(H,14,15). The molecule has 3 N–H and O–H groups in total. The largest absolute Gasteiger partial charge is 0.397 e. The van der Waals surface area contributed by atoms with E-state index in [4.69, 9.17) is 5.73 Å². The Kier molecular flexibility index (Phi) is 4.39. The van der Waals surface area contributed by atoms with Crippen molar-refractivity contribution in [3.05, 3.63) is 22.2 Å². The number of halogens is 1. The number of amides is 1. The van der Waals surface area contributed by atoms with Crippen molar-refractivity contribution < 1.29 is 13.2 Å². The maximum Gasteiger partial charge on any atom is 0.242 e. The van der Waals surface area contributed by atoms with Gasteiger partial charge in [0.2, 0.25) is 5.91 Å². The number of aryl methyl sites for hydroxylation is 1. The minimum absolute atomic E-state index is 0.385. The lowest BCUT2D eigenvalue weighted by Crippen LogP contribution is -2.32. The fraction of sp³-hybridized carbons (Fsp3) is 0.364. The van der Waals surface area contributed by atoms with Gasteiger partial charge in [-0.1, -0.05) is 15.9 Å². The van der Waals surface area contributed by atoms with Gasteiger partial charge >= 0.3 is 0 Å². The molecule has 0 heterocycles. The van der Waals surface area contributed by atoms with Crippen molar-refractivity contribution in [1.29, 1.82) is 0 Å². The van der Waals surface area contributed by atoms with Crippen molar-refractivity contribution in [2.45, 2.75) is 19.1 Å². The van der Waals surface area contributed by atoms with Crippen LogP contribution in [0.25, 0.3) is 0 Å². The Morgan fingerprint density at radius 1 is 1.44 bits per heavy atom. The van der Waals surface area contributed by atoms with Crippen LogP contribution < -0.4 is 11.1 Å². The zero-order valence-corrected chi connectivity index (χ0v) is 12.7. The van der Waals surface area contributed by atoms with Gasteiger partial charge in [-0.2, -0.15) is 0 Å². The molecule has 1 aromatic rings. The van der Waals surface area contributed by atoms with Crippen LogP contribution in [-0.4, -0.2) is 25.8 Å². The number of sulfone groups is 1. The Morgan fingerprint density at radius 2 is 2.00 bits per heavy atom. The van der Waals surface area contributed by atoms with Crippen molar-refractivity contribution >= 4 is 43.0 Å². The highest BCUT2D eigenvalue weighted by molar-refractivity contribution is 9.10. The molecule has 1 aromatic carbocycles. The van der Waals surface area contributed by atoms with Gasteiger partial charge in [-0.05, 0) is 31.5 Å². The second-order valence-corrected chi connectivity index (χ2v) is 7.43. The van der Waals surface area contributed by atoms with Gasteiger partial charge in [0, 0.05) is 10.7 Å². The molecular formula is C11H15BrN2O3S. The molecule has 0 saturated heterocycles. The molecule has 5 nitrogen and oxygen atoms in total. The molecule has 0 bridgehead atoms. The van der Waals surface area contributed by atoms with Gasteiger partial charge in [-0.3, -0.25) is 4.79 Å². The fourth-order valence-electron chi connectivity index (χ4n) is 1.36. The van der Waals surface area contributed by atoms with E-state index in [-0.39, 0.29) is 0 Å². The molecule has 1 atom stereocenters. The highest BCUT2D eigenvalue weighted by Crippen LogP contribution is 2.28. The quantitative estimate of drug-likeness (QED) is 0.823. The summed E-state index contributed by atoms with van der Waals surface area (Å²) >= 11 is 3.29. The summed E-state index contributed by atoms with van der Waals surface area (Å²) in [4.78, 5) is 11.8. The van der Waals surface area contributed by atoms with Crippen molar-refractivity contribution in [3.8, 4) is 0 Å². The van der Waals surface area contributed by atoms with Crippen LogP contribution in [0.2, 0.25) is 0 Å². The number of nitrogens with two attached hydrogens (primary N) is 1. The molecule has 0 aliphatic heterocycles.